The summed E-state index contributed by atoms with van der Waals surface area (Å²) in [6.45, 7) is 0. The standard InChI is InChI=1S/C14H26N2S/c1-16-13-5-2-6-14(16)9-12(8-13)15-11-4-3-7-17-10-11/h11-15H,2-10H2,1H3. The lowest BCUT2D eigenvalue weighted by atomic mass is 9.82. The molecule has 0 aromatic heterocycles. The average molecular weight is 254 g/mol. The van der Waals surface area contributed by atoms with Gasteiger partial charge in [0.25, 0.3) is 0 Å². The van der Waals surface area contributed by atoms with Crippen LogP contribution in [0, 0.1) is 0 Å². The highest BCUT2D eigenvalue weighted by molar-refractivity contribution is 7.99. The topological polar surface area (TPSA) is 15.3 Å². The first-order chi connectivity index (χ1) is 8.33. The van der Waals surface area contributed by atoms with Crippen LogP contribution in [-0.4, -0.2) is 47.6 Å². The van der Waals surface area contributed by atoms with Crippen LogP contribution in [0.2, 0.25) is 0 Å². The monoisotopic (exact) mass is 254 g/mol. The summed E-state index contributed by atoms with van der Waals surface area (Å²) in [5.41, 5.74) is 0. The van der Waals surface area contributed by atoms with E-state index in [4.69, 9.17) is 0 Å². The van der Waals surface area contributed by atoms with Crippen molar-refractivity contribution in [1.82, 2.24) is 10.2 Å². The number of hydrogen-bond donors (Lipinski definition) is 1. The van der Waals surface area contributed by atoms with Crippen molar-refractivity contribution in [2.24, 2.45) is 0 Å². The van der Waals surface area contributed by atoms with Crippen LogP contribution >= 0.6 is 11.8 Å². The van der Waals surface area contributed by atoms with Crippen LogP contribution in [0.1, 0.15) is 44.9 Å². The zero-order chi connectivity index (χ0) is 11.7. The van der Waals surface area contributed by atoms with Crippen LogP contribution in [0.25, 0.3) is 0 Å². The van der Waals surface area contributed by atoms with Crippen LogP contribution in [-0.2, 0) is 0 Å². The number of nitrogens with zero attached hydrogens (tertiary/aromatic N) is 1. The van der Waals surface area contributed by atoms with Crippen molar-refractivity contribution in [3.8, 4) is 0 Å². The molecule has 0 saturated carbocycles. The molecule has 0 amide bonds. The Balaban J connectivity index is 1.54. The van der Waals surface area contributed by atoms with Gasteiger partial charge in [0.05, 0.1) is 0 Å². The van der Waals surface area contributed by atoms with Crippen LogP contribution in [0.3, 0.4) is 0 Å². The molecule has 3 unspecified atom stereocenters. The Bertz CT molecular complexity index is 239. The molecule has 3 heteroatoms. The second kappa shape index (κ2) is 5.50. The minimum absolute atomic E-state index is 0.808. The van der Waals surface area contributed by atoms with Gasteiger partial charge in [-0.3, -0.25) is 0 Å². The smallest absolute Gasteiger partial charge is 0.0161 e. The molecular weight excluding hydrogens is 228 g/mol. The Hall–Kier alpha value is 0.270. The fourth-order valence-electron chi connectivity index (χ4n) is 3.96. The molecule has 0 aliphatic carbocycles. The van der Waals surface area contributed by atoms with Crippen LogP contribution in [0.15, 0.2) is 0 Å². The maximum absolute atomic E-state index is 3.96. The van der Waals surface area contributed by atoms with E-state index in [1.807, 2.05) is 0 Å². The van der Waals surface area contributed by atoms with Gasteiger partial charge >= 0.3 is 0 Å². The SMILES string of the molecule is CN1C2CCCC1CC(NC1CCCSC1)C2. The zero-order valence-electron chi connectivity index (χ0n) is 11.0. The van der Waals surface area contributed by atoms with E-state index < -0.39 is 0 Å². The fraction of sp³-hybridized carbons (Fsp3) is 1.00. The van der Waals surface area contributed by atoms with Crippen molar-refractivity contribution in [2.75, 3.05) is 18.6 Å². The number of piperidine rings is 2. The van der Waals surface area contributed by atoms with Gasteiger partial charge < -0.3 is 10.2 Å². The van der Waals surface area contributed by atoms with Crippen molar-refractivity contribution in [3.63, 3.8) is 0 Å². The molecule has 2 nitrogen and oxygen atoms in total. The lowest BCUT2D eigenvalue weighted by Gasteiger charge is -2.48. The van der Waals surface area contributed by atoms with E-state index in [1.165, 1.54) is 56.5 Å². The predicted molar refractivity (Wildman–Crippen MR) is 75.7 cm³/mol. The van der Waals surface area contributed by atoms with E-state index in [0.717, 1.165) is 24.2 Å². The summed E-state index contributed by atoms with van der Waals surface area (Å²) in [5.74, 6) is 2.73. The van der Waals surface area contributed by atoms with E-state index >= 15 is 0 Å². The van der Waals surface area contributed by atoms with E-state index in [0.29, 0.717) is 0 Å². The highest BCUT2D eigenvalue weighted by Gasteiger charge is 2.36. The van der Waals surface area contributed by atoms with Crippen molar-refractivity contribution in [3.05, 3.63) is 0 Å². The molecule has 0 aromatic rings. The minimum Gasteiger partial charge on any atom is -0.310 e. The molecule has 0 spiro atoms. The van der Waals surface area contributed by atoms with Gasteiger partial charge in [-0.1, -0.05) is 6.42 Å². The first kappa shape index (κ1) is 12.3. The normalized spacial score (nSPS) is 43.6. The molecule has 0 aromatic carbocycles. The third kappa shape index (κ3) is 2.82. The van der Waals surface area contributed by atoms with E-state index in [1.54, 1.807) is 0 Å². The molecule has 98 valence electrons. The Kier molecular flexibility index (Phi) is 3.98. The van der Waals surface area contributed by atoms with Crippen LogP contribution < -0.4 is 5.32 Å². The van der Waals surface area contributed by atoms with Gasteiger partial charge in [0.2, 0.25) is 0 Å². The van der Waals surface area contributed by atoms with Crippen LogP contribution in [0.4, 0.5) is 0 Å². The quantitative estimate of drug-likeness (QED) is 0.815. The molecule has 2 bridgehead atoms. The van der Waals surface area contributed by atoms with Gasteiger partial charge in [-0.05, 0) is 51.3 Å². The molecule has 3 fully saturated rings. The Morgan fingerprint density at radius 2 is 1.76 bits per heavy atom. The summed E-state index contributed by atoms with van der Waals surface area (Å²) in [4.78, 5) is 2.66. The first-order valence-electron chi connectivity index (χ1n) is 7.38. The maximum atomic E-state index is 3.96. The Labute approximate surface area is 110 Å². The molecule has 3 aliphatic rings. The number of fused-ring (bicyclic) bond motifs is 2. The summed E-state index contributed by atoms with van der Waals surface area (Å²) in [7, 11) is 2.35. The second-order valence-electron chi connectivity index (χ2n) is 6.15. The molecule has 17 heavy (non-hydrogen) atoms. The third-order valence-corrected chi connectivity index (χ3v) is 6.19. The second-order valence-corrected chi connectivity index (χ2v) is 7.30. The van der Waals surface area contributed by atoms with Gasteiger partial charge in [0.15, 0.2) is 0 Å². The molecule has 0 radical (unpaired) electrons. The third-order valence-electron chi connectivity index (χ3n) is 4.97. The molecule has 3 aliphatic heterocycles. The Morgan fingerprint density at radius 3 is 2.41 bits per heavy atom. The Morgan fingerprint density at radius 1 is 1.00 bits per heavy atom. The summed E-state index contributed by atoms with van der Waals surface area (Å²) < 4.78 is 0. The lowest BCUT2D eigenvalue weighted by molar-refractivity contribution is 0.0461. The number of rotatable bonds is 2. The number of hydrogen-bond acceptors (Lipinski definition) is 3. The number of thioether (sulfide) groups is 1. The van der Waals surface area contributed by atoms with Gasteiger partial charge in [0, 0.05) is 29.9 Å². The molecular formula is C14H26N2S. The van der Waals surface area contributed by atoms with Crippen molar-refractivity contribution < 1.29 is 0 Å². The van der Waals surface area contributed by atoms with Crippen LogP contribution in [0.5, 0.6) is 0 Å². The summed E-state index contributed by atoms with van der Waals surface area (Å²) >= 11 is 2.14. The van der Waals surface area contributed by atoms with Gasteiger partial charge in [-0.15, -0.1) is 0 Å². The lowest BCUT2D eigenvalue weighted by Crippen LogP contribution is -2.56. The summed E-state index contributed by atoms with van der Waals surface area (Å²) in [6, 6.07) is 3.36. The predicted octanol–water partition coefficient (Wildman–Crippen LogP) is 2.49. The van der Waals surface area contributed by atoms with E-state index in [9.17, 15) is 0 Å². The van der Waals surface area contributed by atoms with Gasteiger partial charge in [-0.25, -0.2) is 0 Å². The maximum Gasteiger partial charge on any atom is 0.0161 e. The summed E-state index contributed by atoms with van der Waals surface area (Å²) in [5, 5.41) is 3.96. The van der Waals surface area contributed by atoms with E-state index in [2.05, 4.69) is 29.0 Å². The highest BCUT2D eigenvalue weighted by atomic mass is 32.2. The van der Waals surface area contributed by atoms with Gasteiger partial charge in [0.1, 0.15) is 0 Å². The largest absolute Gasteiger partial charge is 0.310 e. The number of nitrogens with one attached hydrogen (secondary N) is 1. The molecule has 1 N–H and O–H groups in total. The highest BCUT2D eigenvalue weighted by Crippen LogP contribution is 2.33. The van der Waals surface area contributed by atoms with E-state index in [-0.39, 0.29) is 0 Å². The van der Waals surface area contributed by atoms with Crippen molar-refractivity contribution in [2.45, 2.75) is 69.1 Å². The van der Waals surface area contributed by atoms with Crippen molar-refractivity contribution in [1.29, 1.82) is 0 Å². The summed E-state index contributed by atoms with van der Waals surface area (Å²) in [6.07, 6.45) is 9.96. The average Bonchev–Trinajstić information content (AvgIpc) is 2.32. The molecule has 3 saturated heterocycles. The zero-order valence-corrected chi connectivity index (χ0v) is 11.8. The molecule has 3 heterocycles. The molecule has 3 rings (SSSR count). The molecule has 3 atom stereocenters. The minimum atomic E-state index is 0.808. The fourth-order valence-corrected chi connectivity index (χ4v) is 5.04. The first-order valence-corrected chi connectivity index (χ1v) is 8.54. The van der Waals surface area contributed by atoms with Gasteiger partial charge in [-0.2, -0.15) is 11.8 Å². The van der Waals surface area contributed by atoms with Crippen molar-refractivity contribution >= 4 is 11.8 Å².